The van der Waals surface area contributed by atoms with E-state index in [1.54, 1.807) is 12.1 Å². The predicted octanol–water partition coefficient (Wildman–Crippen LogP) is 1.67. The van der Waals surface area contributed by atoms with Crippen molar-refractivity contribution in [1.82, 2.24) is 5.16 Å². The lowest BCUT2D eigenvalue weighted by Crippen LogP contribution is -2.04. The van der Waals surface area contributed by atoms with Crippen LogP contribution in [0.5, 0.6) is 0 Å². The van der Waals surface area contributed by atoms with Crippen molar-refractivity contribution in [3.05, 3.63) is 47.9 Å². The first kappa shape index (κ1) is 14.3. The molecule has 0 spiro atoms. The average Bonchev–Trinajstić information content (AvgIpc) is 2.89. The van der Waals surface area contributed by atoms with Gasteiger partial charge in [-0.25, -0.2) is 8.42 Å². The number of hydrogen-bond donors (Lipinski definition) is 1. The Morgan fingerprint density at radius 3 is 2.45 bits per heavy atom. The molecule has 0 aliphatic heterocycles. The van der Waals surface area contributed by atoms with Crippen LogP contribution in [0.1, 0.15) is 17.7 Å². The Balaban J connectivity index is 2.10. The Kier molecular flexibility index (Phi) is 4.19. The highest BCUT2D eigenvalue weighted by Crippen LogP contribution is 2.17. The number of aliphatic carboxylic acids is 1. The second kappa shape index (κ2) is 5.87. The number of benzene rings is 1. The van der Waals surface area contributed by atoms with E-state index in [1.807, 2.05) is 0 Å². The van der Waals surface area contributed by atoms with Gasteiger partial charge in [-0.3, -0.25) is 4.79 Å². The van der Waals surface area contributed by atoms with Crippen LogP contribution in [0.4, 0.5) is 0 Å². The quantitative estimate of drug-likeness (QED) is 0.870. The minimum atomic E-state index is -3.48. The molecular formula is C13H13NO5S. The molecule has 0 bridgehead atoms. The Morgan fingerprint density at radius 1 is 1.20 bits per heavy atom. The summed E-state index contributed by atoms with van der Waals surface area (Å²) in [5, 5.41) is 12.1. The highest BCUT2D eigenvalue weighted by Gasteiger charge is 2.17. The van der Waals surface area contributed by atoms with Gasteiger partial charge in [0, 0.05) is 12.5 Å². The average molecular weight is 295 g/mol. The van der Waals surface area contributed by atoms with E-state index in [0.717, 1.165) is 5.56 Å². The molecule has 0 radical (unpaired) electrons. The van der Waals surface area contributed by atoms with Crippen LogP contribution in [0.3, 0.4) is 0 Å². The lowest BCUT2D eigenvalue weighted by molar-refractivity contribution is -0.136. The highest BCUT2D eigenvalue weighted by molar-refractivity contribution is 7.90. The first-order valence-corrected chi connectivity index (χ1v) is 7.56. The molecule has 1 aromatic carbocycles. The van der Waals surface area contributed by atoms with Crippen molar-refractivity contribution in [2.24, 2.45) is 0 Å². The molecule has 7 heteroatoms. The fourth-order valence-corrected chi connectivity index (χ4v) is 2.94. The van der Waals surface area contributed by atoms with Crippen LogP contribution in [0, 0.1) is 0 Å². The summed E-state index contributed by atoms with van der Waals surface area (Å²) in [5.74, 6) is -0.853. The maximum Gasteiger partial charge on any atom is 0.303 e. The molecule has 20 heavy (non-hydrogen) atoms. The van der Waals surface area contributed by atoms with Gasteiger partial charge in [0.1, 0.15) is 5.75 Å². The van der Waals surface area contributed by atoms with Crippen molar-refractivity contribution in [3.63, 3.8) is 0 Å². The van der Waals surface area contributed by atoms with E-state index in [9.17, 15) is 13.2 Å². The van der Waals surface area contributed by atoms with Crippen LogP contribution in [-0.4, -0.2) is 24.7 Å². The van der Waals surface area contributed by atoms with E-state index >= 15 is 0 Å². The Morgan fingerprint density at radius 2 is 1.90 bits per heavy atom. The van der Waals surface area contributed by atoms with Gasteiger partial charge in [-0.1, -0.05) is 17.3 Å². The van der Waals surface area contributed by atoms with Gasteiger partial charge in [0.05, 0.1) is 11.1 Å². The first-order chi connectivity index (χ1) is 9.47. The summed E-state index contributed by atoms with van der Waals surface area (Å²) in [6.07, 6.45) is 1.78. The molecule has 0 aliphatic carbocycles. The summed E-state index contributed by atoms with van der Waals surface area (Å²) < 4.78 is 29.0. The fraction of sp³-hybridized carbons (Fsp3) is 0.231. The molecule has 2 aromatic rings. The van der Waals surface area contributed by atoms with Gasteiger partial charge >= 0.3 is 5.97 Å². The van der Waals surface area contributed by atoms with E-state index < -0.39 is 15.8 Å². The molecule has 1 N–H and O–H groups in total. The number of carboxylic acids is 1. The summed E-state index contributed by atoms with van der Waals surface area (Å²) in [6, 6.07) is 7.69. The van der Waals surface area contributed by atoms with Crippen LogP contribution in [0.15, 0.2) is 45.9 Å². The molecule has 0 amide bonds. The number of carbonyl (C=O) groups is 1. The van der Waals surface area contributed by atoms with Crippen molar-refractivity contribution in [1.29, 1.82) is 0 Å². The van der Waals surface area contributed by atoms with E-state index in [0.29, 0.717) is 6.42 Å². The van der Waals surface area contributed by atoms with Crippen molar-refractivity contribution in [2.75, 3.05) is 0 Å². The summed E-state index contributed by atoms with van der Waals surface area (Å²) in [5.41, 5.74) is 0.783. The number of rotatable bonds is 6. The van der Waals surface area contributed by atoms with Crippen LogP contribution in [0.2, 0.25) is 0 Å². The Hall–Kier alpha value is -2.15. The molecule has 0 atom stereocenters. The second-order valence-corrected chi connectivity index (χ2v) is 6.27. The van der Waals surface area contributed by atoms with Gasteiger partial charge < -0.3 is 9.63 Å². The van der Waals surface area contributed by atoms with E-state index in [1.165, 1.54) is 24.4 Å². The van der Waals surface area contributed by atoms with Crippen LogP contribution in [0.25, 0.3) is 0 Å². The van der Waals surface area contributed by atoms with Gasteiger partial charge in [0.25, 0.3) is 0 Å². The maximum atomic E-state index is 12.1. The third-order valence-electron chi connectivity index (χ3n) is 2.73. The molecule has 6 nitrogen and oxygen atoms in total. The van der Waals surface area contributed by atoms with Gasteiger partial charge in [-0.2, -0.15) is 0 Å². The summed E-state index contributed by atoms with van der Waals surface area (Å²) in [4.78, 5) is 10.6. The minimum Gasteiger partial charge on any atom is -0.481 e. The topological polar surface area (TPSA) is 97.5 Å². The van der Waals surface area contributed by atoms with Gasteiger partial charge in [0.2, 0.25) is 0 Å². The van der Waals surface area contributed by atoms with E-state index in [2.05, 4.69) is 5.16 Å². The zero-order valence-electron chi connectivity index (χ0n) is 10.5. The molecule has 0 saturated carbocycles. The predicted molar refractivity (Wildman–Crippen MR) is 69.8 cm³/mol. The number of aromatic nitrogens is 1. The molecule has 1 heterocycles. The third-order valence-corrected chi connectivity index (χ3v) is 4.39. The maximum absolute atomic E-state index is 12.1. The van der Waals surface area contributed by atoms with Crippen LogP contribution >= 0.6 is 0 Å². The standard InChI is InChI=1S/C13H13NO5S/c15-13(16)6-3-10-1-4-12(5-2-10)20(17,18)9-11-7-8-14-19-11/h1-2,4-5,7-8H,3,6,9H2,(H,15,16). The van der Waals surface area contributed by atoms with Crippen molar-refractivity contribution < 1.29 is 22.8 Å². The smallest absolute Gasteiger partial charge is 0.303 e. The van der Waals surface area contributed by atoms with Gasteiger partial charge in [0.15, 0.2) is 15.6 Å². The van der Waals surface area contributed by atoms with E-state index in [4.69, 9.17) is 9.63 Å². The van der Waals surface area contributed by atoms with Crippen molar-refractivity contribution >= 4 is 15.8 Å². The number of sulfone groups is 1. The van der Waals surface area contributed by atoms with Crippen LogP contribution < -0.4 is 0 Å². The van der Waals surface area contributed by atoms with Gasteiger partial charge in [-0.05, 0) is 24.1 Å². The molecule has 0 fully saturated rings. The van der Waals surface area contributed by atoms with E-state index in [-0.39, 0.29) is 22.8 Å². The molecule has 1 aromatic heterocycles. The molecule has 0 saturated heterocycles. The summed E-state index contributed by atoms with van der Waals surface area (Å²) in [7, 11) is -3.48. The van der Waals surface area contributed by atoms with Crippen molar-refractivity contribution in [3.8, 4) is 0 Å². The number of hydrogen-bond acceptors (Lipinski definition) is 5. The Bertz CT molecular complexity index is 674. The highest BCUT2D eigenvalue weighted by atomic mass is 32.2. The number of carboxylic acid groups (broad SMARTS) is 1. The normalized spacial score (nSPS) is 11.4. The van der Waals surface area contributed by atoms with Gasteiger partial charge in [-0.15, -0.1) is 0 Å². The zero-order chi connectivity index (χ0) is 14.6. The largest absolute Gasteiger partial charge is 0.481 e. The SMILES string of the molecule is O=C(O)CCc1ccc(S(=O)(=O)Cc2ccno2)cc1. The molecule has 2 rings (SSSR count). The summed E-state index contributed by atoms with van der Waals surface area (Å²) >= 11 is 0. The lowest BCUT2D eigenvalue weighted by Gasteiger charge is -2.04. The van der Waals surface area contributed by atoms with Crippen molar-refractivity contribution in [2.45, 2.75) is 23.5 Å². The molecular weight excluding hydrogens is 282 g/mol. The lowest BCUT2D eigenvalue weighted by atomic mass is 10.1. The fourth-order valence-electron chi connectivity index (χ4n) is 1.70. The minimum absolute atomic E-state index is 0.0180. The zero-order valence-corrected chi connectivity index (χ0v) is 11.3. The molecule has 106 valence electrons. The first-order valence-electron chi connectivity index (χ1n) is 5.90. The molecule has 0 unspecified atom stereocenters. The summed E-state index contributed by atoms with van der Waals surface area (Å²) in [6.45, 7) is 0. The number of nitrogens with zero attached hydrogens (tertiary/aromatic N) is 1. The van der Waals surface area contributed by atoms with Crippen LogP contribution in [-0.2, 0) is 26.8 Å². The third kappa shape index (κ3) is 3.67. The second-order valence-electron chi connectivity index (χ2n) is 4.28. The number of aryl methyl sites for hydroxylation is 1. The molecule has 0 aliphatic rings. The monoisotopic (exact) mass is 295 g/mol. The Labute approximate surface area is 115 Å².